The van der Waals surface area contributed by atoms with E-state index in [0.29, 0.717) is 36.0 Å². The van der Waals surface area contributed by atoms with Gasteiger partial charge in [0.2, 0.25) is 5.95 Å². The van der Waals surface area contributed by atoms with Crippen LogP contribution >= 0.6 is 11.5 Å². The number of nitrogen functional groups attached to an aromatic ring is 1. The molecule has 9 nitrogen and oxygen atoms in total. The molecule has 0 atom stereocenters. The van der Waals surface area contributed by atoms with Crippen LogP contribution in [-0.4, -0.2) is 47.1 Å². The molecule has 0 unspecified atom stereocenters. The second-order valence-electron chi connectivity index (χ2n) is 6.17. The predicted octanol–water partition coefficient (Wildman–Crippen LogP) is 0.957. The van der Waals surface area contributed by atoms with Crippen LogP contribution in [0.5, 0.6) is 0 Å². The molecule has 5 rings (SSSR count). The summed E-state index contributed by atoms with van der Waals surface area (Å²) in [5.74, 6) is 0.783. The Morgan fingerprint density at radius 2 is 1.92 bits per heavy atom. The van der Waals surface area contributed by atoms with E-state index in [1.165, 1.54) is 11.5 Å². The van der Waals surface area contributed by atoms with E-state index in [4.69, 9.17) is 5.73 Å². The molecule has 130 valence electrons. The number of β-amino-alcohol motifs (C(OH)–C–C–N with tert-alkyl or cyclic N) is 1. The monoisotopic (exact) mass is 366 g/mol. The first-order valence-electron chi connectivity index (χ1n) is 7.93. The SMILES string of the molecule is Nc1nc(N2CC(O)(c3ccns3)C2)nc2c1ncn2-c1ccncc1. The third kappa shape index (κ3) is 2.23. The zero-order chi connectivity index (χ0) is 17.7. The summed E-state index contributed by atoms with van der Waals surface area (Å²) >= 11 is 1.30. The summed E-state index contributed by atoms with van der Waals surface area (Å²) in [6, 6.07) is 5.56. The molecule has 0 spiro atoms. The van der Waals surface area contributed by atoms with Crippen LogP contribution in [0.15, 0.2) is 43.1 Å². The maximum Gasteiger partial charge on any atom is 0.229 e. The molecule has 1 aliphatic heterocycles. The van der Waals surface area contributed by atoms with Crippen LogP contribution in [0.3, 0.4) is 0 Å². The summed E-state index contributed by atoms with van der Waals surface area (Å²) in [5, 5.41) is 10.7. The molecule has 0 bridgehead atoms. The minimum atomic E-state index is -0.917. The van der Waals surface area contributed by atoms with Gasteiger partial charge in [0.05, 0.1) is 23.7 Å². The van der Waals surface area contributed by atoms with Crippen molar-refractivity contribution in [3.05, 3.63) is 48.0 Å². The quantitative estimate of drug-likeness (QED) is 0.550. The number of anilines is 2. The first-order chi connectivity index (χ1) is 12.6. The smallest absolute Gasteiger partial charge is 0.229 e. The highest BCUT2D eigenvalue weighted by Crippen LogP contribution is 2.36. The molecule has 3 N–H and O–H groups in total. The Hall–Kier alpha value is -3.11. The molecular weight excluding hydrogens is 352 g/mol. The second kappa shape index (κ2) is 5.44. The van der Waals surface area contributed by atoms with E-state index in [2.05, 4.69) is 24.3 Å². The van der Waals surface area contributed by atoms with Gasteiger partial charge in [0, 0.05) is 18.6 Å². The summed E-state index contributed by atoms with van der Waals surface area (Å²) in [5.41, 5.74) is 7.22. The molecule has 0 saturated carbocycles. The van der Waals surface area contributed by atoms with Crippen molar-refractivity contribution in [3.8, 4) is 5.69 Å². The van der Waals surface area contributed by atoms with Crippen LogP contribution in [0.25, 0.3) is 16.9 Å². The molecule has 0 aromatic carbocycles. The van der Waals surface area contributed by atoms with Crippen molar-refractivity contribution >= 4 is 34.5 Å². The van der Waals surface area contributed by atoms with Crippen LogP contribution in [0.1, 0.15) is 4.88 Å². The number of imidazole rings is 1. The largest absolute Gasteiger partial charge is 0.382 e. The van der Waals surface area contributed by atoms with Crippen molar-refractivity contribution in [2.45, 2.75) is 5.60 Å². The van der Waals surface area contributed by atoms with Gasteiger partial charge in [-0.25, -0.2) is 9.36 Å². The van der Waals surface area contributed by atoms with Gasteiger partial charge in [-0.3, -0.25) is 9.55 Å². The molecule has 1 saturated heterocycles. The number of hydrogen-bond donors (Lipinski definition) is 2. The highest BCUT2D eigenvalue weighted by atomic mass is 32.1. The molecule has 26 heavy (non-hydrogen) atoms. The minimum Gasteiger partial charge on any atom is -0.382 e. The van der Waals surface area contributed by atoms with E-state index in [9.17, 15) is 5.11 Å². The van der Waals surface area contributed by atoms with Crippen molar-refractivity contribution in [1.82, 2.24) is 28.9 Å². The number of hydrogen-bond acceptors (Lipinski definition) is 9. The van der Waals surface area contributed by atoms with Gasteiger partial charge in [0.25, 0.3) is 0 Å². The molecular formula is C16H14N8OS. The molecule has 4 aromatic rings. The molecule has 10 heteroatoms. The molecule has 4 aromatic heterocycles. The lowest BCUT2D eigenvalue weighted by molar-refractivity contribution is 0.0101. The Balaban J connectivity index is 1.52. The van der Waals surface area contributed by atoms with Gasteiger partial charge in [-0.2, -0.15) is 9.97 Å². The number of rotatable bonds is 3. The average molecular weight is 366 g/mol. The van der Waals surface area contributed by atoms with Crippen molar-refractivity contribution in [3.63, 3.8) is 0 Å². The lowest BCUT2D eigenvalue weighted by Gasteiger charge is -2.45. The van der Waals surface area contributed by atoms with Gasteiger partial charge >= 0.3 is 0 Å². The molecule has 0 amide bonds. The topological polar surface area (TPSA) is 119 Å². The van der Waals surface area contributed by atoms with E-state index >= 15 is 0 Å². The number of nitrogens with two attached hydrogens (primary N) is 1. The zero-order valence-electron chi connectivity index (χ0n) is 13.5. The highest BCUT2D eigenvalue weighted by molar-refractivity contribution is 7.05. The van der Waals surface area contributed by atoms with Crippen molar-refractivity contribution in [1.29, 1.82) is 0 Å². The fourth-order valence-corrected chi connectivity index (χ4v) is 3.74. The van der Waals surface area contributed by atoms with Gasteiger partial charge in [-0.05, 0) is 29.7 Å². The van der Waals surface area contributed by atoms with E-state index in [1.807, 2.05) is 27.7 Å². The predicted molar refractivity (Wildman–Crippen MR) is 97.1 cm³/mol. The zero-order valence-corrected chi connectivity index (χ0v) is 14.3. The summed E-state index contributed by atoms with van der Waals surface area (Å²) in [6.07, 6.45) is 6.77. The van der Waals surface area contributed by atoms with Crippen LogP contribution in [0.4, 0.5) is 11.8 Å². The molecule has 1 aliphatic rings. The van der Waals surface area contributed by atoms with Crippen LogP contribution in [-0.2, 0) is 5.60 Å². The van der Waals surface area contributed by atoms with Gasteiger partial charge < -0.3 is 15.7 Å². The van der Waals surface area contributed by atoms with Gasteiger partial charge in [0.15, 0.2) is 17.0 Å². The average Bonchev–Trinajstić information content (AvgIpc) is 3.30. The Bertz CT molecular complexity index is 1070. The molecule has 1 fully saturated rings. The van der Waals surface area contributed by atoms with E-state index in [0.717, 1.165) is 10.6 Å². The molecule has 0 radical (unpaired) electrons. The third-order valence-corrected chi connectivity index (χ3v) is 5.38. The third-order valence-electron chi connectivity index (χ3n) is 4.44. The van der Waals surface area contributed by atoms with Crippen molar-refractivity contribution in [2.24, 2.45) is 0 Å². The normalized spacial score (nSPS) is 16.0. The van der Waals surface area contributed by atoms with Gasteiger partial charge in [-0.15, -0.1) is 0 Å². The van der Waals surface area contributed by atoms with Crippen LogP contribution < -0.4 is 10.6 Å². The maximum atomic E-state index is 10.7. The number of nitrogens with zero attached hydrogens (tertiary/aromatic N) is 7. The molecule has 0 aliphatic carbocycles. The Morgan fingerprint density at radius 1 is 1.12 bits per heavy atom. The Morgan fingerprint density at radius 3 is 2.65 bits per heavy atom. The summed E-state index contributed by atoms with van der Waals surface area (Å²) in [7, 11) is 0. The van der Waals surface area contributed by atoms with Gasteiger partial charge in [0.1, 0.15) is 11.9 Å². The number of aromatic nitrogens is 6. The number of aliphatic hydroxyl groups is 1. The fourth-order valence-electron chi connectivity index (χ4n) is 3.08. The minimum absolute atomic E-state index is 0.311. The Labute approximate surface area is 152 Å². The van der Waals surface area contributed by atoms with Crippen LogP contribution in [0.2, 0.25) is 0 Å². The molecule has 5 heterocycles. The second-order valence-corrected chi connectivity index (χ2v) is 7.00. The lowest BCUT2D eigenvalue weighted by atomic mass is 9.93. The van der Waals surface area contributed by atoms with E-state index < -0.39 is 5.60 Å². The van der Waals surface area contributed by atoms with Crippen molar-refractivity contribution in [2.75, 3.05) is 23.7 Å². The maximum absolute atomic E-state index is 10.7. The van der Waals surface area contributed by atoms with E-state index in [-0.39, 0.29) is 0 Å². The number of pyridine rings is 1. The Kier molecular flexibility index (Phi) is 3.18. The summed E-state index contributed by atoms with van der Waals surface area (Å²) in [6.45, 7) is 0.785. The summed E-state index contributed by atoms with van der Waals surface area (Å²) < 4.78 is 5.90. The van der Waals surface area contributed by atoms with Crippen LogP contribution in [0, 0.1) is 0 Å². The lowest BCUT2D eigenvalue weighted by Crippen LogP contribution is -2.59. The first-order valence-corrected chi connectivity index (χ1v) is 8.71. The van der Waals surface area contributed by atoms with E-state index in [1.54, 1.807) is 24.9 Å². The number of fused-ring (bicyclic) bond motifs is 1. The van der Waals surface area contributed by atoms with Gasteiger partial charge in [-0.1, -0.05) is 0 Å². The standard InChI is InChI=1S/C16H14N8OS/c17-13-12-14(24(9-19-12)10-1-4-18-5-2-10)22-15(21-13)23-7-16(25,8-23)11-3-6-20-26-11/h1-6,9,25H,7-8H2,(H2,17,21,22). The van der Waals surface area contributed by atoms with Crippen molar-refractivity contribution < 1.29 is 5.11 Å². The fraction of sp³-hybridized carbons (Fsp3) is 0.188. The first kappa shape index (κ1) is 15.2. The summed E-state index contributed by atoms with van der Waals surface area (Å²) in [4.78, 5) is 20.1. The highest BCUT2D eigenvalue weighted by Gasteiger charge is 2.45.